The average Bonchev–Trinajstić information content (AvgIpc) is 3.08. The van der Waals surface area contributed by atoms with Crippen molar-refractivity contribution in [1.29, 1.82) is 0 Å². The summed E-state index contributed by atoms with van der Waals surface area (Å²) < 4.78 is 57.7. The van der Waals surface area contributed by atoms with Gasteiger partial charge in [0.25, 0.3) is 0 Å². The Bertz CT molecular complexity index is 1620. The van der Waals surface area contributed by atoms with Gasteiger partial charge in [-0.05, 0) is 48.2 Å². The Labute approximate surface area is 476 Å². The summed E-state index contributed by atoms with van der Waals surface area (Å²) in [5, 5.41) is 0. The number of benzene rings is 2. The zero-order chi connectivity index (χ0) is 45.5. The van der Waals surface area contributed by atoms with Crippen LogP contribution in [-0.2, 0) is 31.1 Å². The van der Waals surface area contributed by atoms with Gasteiger partial charge >= 0.3 is 118 Å². The predicted octanol–water partition coefficient (Wildman–Crippen LogP) is -7.81. The molecule has 0 fully saturated rings. The van der Waals surface area contributed by atoms with Gasteiger partial charge in [0, 0.05) is 23.3 Å². The minimum absolute atomic E-state index is 0. The second kappa shape index (κ2) is 33.3. The molecule has 0 saturated carbocycles. The van der Waals surface area contributed by atoms with Crippen LogP contribution in [0.2, 0.25) is 69.0 Å². The van der Waals surface area contributed by atoms with Crippen LogP contribution in [0.5, 0.6) is 11.5 Å². The molecule has 0 spiro atoms. The number of nitrogens with zero attached hydrogens (tertiary/aromatic N) is 2. The van der Waals surface area contributed by atoms with Crippen molar-refractivity contribution in [3.63, 3.8) is 0 Å². The summed E-state index contributed by atoms with van der Waals surface area (Å²) in [6.07, 6.45) is 1.97. The third-order valence-electron chi connectivity index (χ3n) is 10.3. The first-order chi connectivity index (χ1) is 27.4. The van der Waals surface area contributed by atoms with E-state index in [1.54, 1.807) is 0 Å². The van der Waals surface area contributed by atoms with E-state index in [-0.39, 0.29) is 131 Å². The quantitative estimate of drug-likeness (QED) is 0.0404. The summed E-state index contributed by atoms with van der Waals surface area (Å²) in [6.45, 7) is 11.9. The fraction of sp³-hybridized carbons (Fsp3) is 0.667. The van der Waals surface area contributed by atoms with Gasteiger partial charge in [-0.3, -0.25) is 9.80 Å². The minimum atomic E-state index is -4.76. The van der Waals surface area contributed by atoms with Crippen molar-refractivity contribution in [2.45, 2.75) is 101 Å². The van der Waals surface area contributed by atoms with Gasteiger partial charge in [0.2, 0.25) is 0 Å². The number of hydrogen-bond donors (Lipinski definition) is 4. The van der Waals surface area contributed by atoms with Crippen LogP contribution >= 0.6 is 30.4 Å². The molecule has 4 unspecified atom stereocenters. The smallest absolute Gasteiger partial charge is 0.778 e. The van der Waals surface area contributed by atoms with E-state index in [1.807, 2.05) is 48.5 Å². The molecule has 4 atom stereocenters. The molecule has 2 aromatic rings. The van der Waals surface area contributed by atoms with Gasteiger partial charge in [-0.25, -0.2) is 0 Å². The average molecular weight is 1080 g/mol. The molecule has 2 aromatic carbocycles. The third-order valence-corrected chi connectivity index (χ3v) is 23.6. The third kappa shape index (κ3) is 36.4. The van der Waals surface area contributed by atoms with Gasteiger partial charge in [0.1, 0.15) is 41.9 Å². The summed E-state index contributed by atoms with van der Waals surface area (Å²) in [6, 6.07) is 21.8. The second-order valence-electron chi connectivity index (χ2n) is 18.0. The Morgan fingerprint density at radius 3 is 1.06 bits per heavy atom. The number of hydrogen-bond acceptors (Lipinski definition) is 12. The molecule has 2 rings (SSSR count). The molecule has 0 aliphatic rings. The van der Waals surface area contributed by atoms with E-state index in [1.165, 1.54) is 37.4 Å². The van der Waals surface area contributed by atoms with Gasteiger partial charge in [-0.2, -0.15) is 0 Å². The van der Waals surface area contributed by atoms with Crippen LogP contribution in [-0.4, -0.2) is 115 Å². The maximum absolute atomic E-state index is 11.3. The van der Waals surface area contributed by atoms with E-state index >= 15 is 0 Å². The Balaban J connectivity index is -0.00000930. The molecule has 0 aromatic heterocycles. The maximum Gasteiger partial charge on any atom is 1.00 e. The Kier molecular flexibility index (Phi) is 37.3. The molecule has 0 aliphatic carbocycles. The van der Waals surface area contributed by atoms with E-state index < -0.39 is 79.7 Å². The van der Waals surface area contributed by atoms with Crippen LogP contribution in [0.4, 0.5) is 0 Å². The fourth-order valence-corrected chi connectivity index (χ4v) is 19.1. The molecule has 4 N–H and O–H groups in total. The molecule has 0 heterocycles. The van der Waals surface area contributed by atoms with E-state index in [9.17, 15) is 57.4 Å². The zero-order valence-electron chi connectivity index (χ0n) is 39.6. The first-order valence-corrected chi connectivity index (χ1v) is 37.8. The Morgan fingerprint density at radius 2 is 0.797 bits per heavy atom. The second-order valence-corrected chi connectivity index (χ2v) is 40.1. The first-order valence-electron chi connectivity index (χ1n) is 20.1. The minimum Gasteiger partial charge on any atom is -0.778 e. The standard InChI is InChI=1S/C36H69N2O14P4Si4.4Na/c1-58(2,31-51-35-13-9-33(10-14-35)17-19-37(27-53(39,40)41)28-54(42,43)44)22-7-25-60(5,24-6-21-57)26-8-23-59(3,4)32-52-36-15-11-34(12-16-36)18-20-38(29-55(45,46)47)30-56(48,49)50;;;;/h9-16H,6-8,17-32H2,1-5H3,(H2,39,40,41)(H2,42,43,44)(H2,45,46,47)(H2,48,49,50);;;;/q;4*+1/p-4. The maximum atomic E-state index is 11.3. The van der Waals surface area contributed by atoms with Crippen LogP contribution in [0, 0.1) is 0 Å². The van der Waals surface area contributed by atoms with Crippen molar-refractivity contribution in [3.05, 3.63) is 59.7 Å². The van der Waals surface area contributed by atoms with Gasteiger partial charge in [0.15, 0.2) is 0 Å². The molecular formula is C36H65N2Na4O14P4Si4. The van der Waals surface area contributed by atoms with E-state index in [0.717, 1.165) is 50.6 Å². The van der Waals surface area contributed by atoms with Crippen molar-refractivity contribution in [2.75, 3.05) is 50.7 Å². The topological polar surface area (TPSA) is 266 Å². The summed E-state index contributed by atoms with van der Waals surface area (Å²) >= 11 is 0. The Hall–Kier alpha value is 3.43. The van der Waals surface area contributed by atoms with E-state index in [2.05, 4.69) is 43.0 Å². The number of ether oxygens (including phenoxy) is 2. The van der Waals surface area contributed by atoms with Crippen LogP contribution in [0.1, 0.15) is 30.4 Å². The molecule has 0 bridgehead atoms. The van der Waals surface area contributed by atoms with Crippen molar-refractivity contribution < 1.29 is 185 Å². The summed E-state index contributed by atoms with van der Waals surface area (Å²) in [7, 11) is -20.2. The summed E-state index contributed by atoms with van der Waals surface area (Å²) in [5.74, 6) is 1.44. The van der Waals surface area contributed by atoms with E-state index in [0.29, 0.717) is 25.3 Å². The van der Waals surface area contributed by atoms with Crippen molar-refractivity contribution in [1.82, 2.24) is 9.80 Å². The molecule has 343 valence electrons. The van der Waals surface area contributed by atoms with Crippen LogP contribution in [0.25, 0.3) is 0 Å². The van der Waals surface area contributed by atoms with Crippen LogP contribution < -0.4 is 147 Å². The van der Waals surface area contributed by atoms with Gasteiger partial charge in [0.05, 0.1) is 61.8 Å². The monoisotopic (exact) mass is 1080 g/mol. The molecule has 64 heavy (non-hydrogen) atoms. The molecule has 3 radical (unpaired) electrons. The van der Waals surface area contributed by atoms with Gasteiger partial charge in [-0.15, -0.1) is 0 Å². The summed E-state index contributed by atoms with van der Waals surface area (Å²) in [5.41, 5.74) is 1.65. The SMILES string of the molecule is C[Si](C)(CCC[Si](C)(CCC[Si])CCC[Si](C)(C)COc1ccc(CCN(CP(=O)([O-])O)CP(=O)([O-])O)cc1)COc1ccc(CCN(CP(=O)([O-])O)CP(=O)([O-])O)cc1.[Na+].[Na+].[Na+].[Na+]. The number of rotatable bonds is 31. The van der Waals surface area contributed by atoms with Crippen LogP contribution in [0.15, 0.2) is 48.5 Å². The summed E-state index contributed by atoms with van der Waals surface area (Å²) in [4.78, 5) is 84.0. The van der Waals surface area contributed by atoms with Crippen LogP contribution in [0.3, 0.4) is 0 Å². The molecule has 28 heteroatoms. The predicted molar refractivity (Wildman–Crippen MR) is 238 cm³/mol. The van der Waals surface area contributed by atoms with Crippen molar-refractivity contribution in [2.24, 2.45) is 0 Å². The van der Waals surface area contributed by atoms with Crippen molar-refractivity contribution in [3.8, 4) is 11.5 Å². The zero-order valence-corrected chi connectivity index (χ0v) is 55.2. The first kappa shape index (κ1) is 71.7. The largest absolute Gasteiger partial charge is 1.00 e. The molecular weight excluding hydrogens is 1010 g/mol. The molecule has 16 nitrogen and oxygen atoms in total. The normalized spacial score (nSPS) is 16.6. The molecule has 0 saturated heterocycles. The van der Waals surface area contributed by atoms with E-state index in [4.69, 9.17) is 9.47 Å². The van der Waals surface area contributed by atoms with Crippen molar-refractivity contribution >= 4 is 64.8 Å². The van der Waals surface area contributed by atoms with Gasteiger partial charge < -0.3 is 66.9 Å². The molecule has 0 amide bonds. The molecule has 0 aliphatic heterocycles. The van der Waals surface area contributed by atoms with Gasteiger partial charge in [-0.1, -0.05) is 113 Å². The Morgan fingerprint density at radius 1 is 0.516 bits per heavy atom. The fourth-order valence-electron chi connectivity index (χ4n) is 7.04.